The number of aryl methyl sites for hydroxylation is 1. The lowest BCUT2D eigenvalue weighted by atomic mass is 9.95. The number of rotatable bonds is 5. The summed E-state index contributed by atoms with van der Waals surface area (Å²) in [6.07, 6.45) is 4.75. The maximum atomic E-state index is 13.0. The second kappa shape index (κ2) is 8.22. The molecule has 0 spiro atoms. The van der Waals surface area contributed by atoms with Gasteiger partial charge in [0.15, 0.2) is 0 Å². The molecule has 7 nitrogen and oxygen atoms in total. The highest BCUT2D eigenvalue weighted by Crippen LogP contribution is 2.31. The monoisotopic (exact) mass is 384 g/mol. The van der Waals surface area contributed by atoms with Crippen LogP contribution in [-0.2, 0) is 24.3 Å². The molecule has 1 amide bonds. The Kier molecular flexibility index (Phi) is 5.52. The zero-order valence-electron chi connectivity index (χ0n) is 16.6. The van der Waals surface area contributed by atoms with Crippen molar-refractivity contribution in [3.63, 3.8) is 0 Å². The maximum absolute atomic E-state index is 13.0. The van der Waals surface area contributed by atoms with Crippen molar-refractivity contribution in [1.82, 2.24) is 19.6 Å². The van der Waals surface area contributed by atoms with E-state index in [2.05, 4.69) is 23.1 Å². The number of hydrogen-bond donors (Lipinski definition) is 0. The van der Waals surface area contributed by atoms with Crippen LogP contribution in [0, 0.1) is 5.92 Å². The van der Waals surface area contributed by atoms with E-state index in [9.17, 15) is 4.79 Å². The van der Waals surface area contributed by atoms with E-state index in [0.29, 0.717) is 13.0 Å². The number of ether oxygens (including phenoxy) is 2. The number of carbonyl (C=O) groups excluding carboxylic acids is 1. The third-order valence-corrected chi connectivity index (χ3v) is 5.62. The topological polar surface area (TPSA) is 59.8 Å². The Hall–Kier alpha value is -2.54. The van der Waals surface area contributed by atoms with Crippen LogP contribution >= 0.6 is 0 Å². The minimum Gasteiger partial charge on any atom is -0.497 e. The van der Waals surface area contributed by atoms with Gasteiger partial charge in [0.25, 0.3) is 0 Å². The number of aromatic nitrogens is 2. The van der Waals surface area contributed by atoms with Crippen molar-refractivity contribution in [2.45, 2.75) is 26.4 Å². The first kappa shape index (κ1) is 18.8. The Morgan fingerprint density at radius 3 is 2.82 bits per heavy atom. The van der Waals surface area contributed by atoms with Crippen LogP contribution in [0.5, 0.6) is 11.5 Å². The smallest absolute Gasteiger partial charge is 0.229 e. The number of fused-ring (bicyclic) bond motifs is 1. The van der Waals surface area contributed by atoms with Crippen LogP contribution in [0.2, 0.25) is 0 Å². The Bertz CT molecular complexity index is 827. The van der Waals surface area contributed by atoms with Crippen LogP contribution in [0.1, 0.15) is 18.1 Å². The summed E-state index contributed by atoms with van der Waals surface area (Å²) in [7, 11) is 1.65. The molecule has 150 valence electrons. The molecule has 1 aromatic carbocycles. The van der Waals surface area contributed by atoms with Crippen molar-refractivity contribution in [3.05, 3.63) is 41.7 Å². The molecule has 1 aromatic heterocycles. The predicted molar refractivity (Wildman–Crippen MR) is 105 cm³/mol. The average molecular weight is 384 g/mol. The molecular formula is C21H28N4O3. The second-order valence-electron chi connectivity index (χ2n) is 7.49. The van der Waals surface area contributed by atoms with Crippen LogP contribution in [-0.4, -0.2) is 65.4 Å². The highest BCUT2D eigenvalue weighted by Gasteiger charge is 2.31. The van der Waals surface area contributed by atoms with E-state index >= 15 is 0 Å². The van der Waals surface area contributed by atoms with Crippen LogP contribution in [0.15, 0.2) is 30.6 Å². The van der Waals surface area contributed by atoms with Crippen molar-refractivity contribution in [2.75, 3.05) is 39.9 Å². The van der Waals surface area contributed by atoms with Gasteiger partial charge in [-0.05, 0) is 37.1 Å². The zero-order chi connectivity index (χ0) is 19.5. The van der Waals surface area contributed by atoms with Gasteiger partial charge in [-0.15, -0.1) is 0 Å². The standard InChI is InChI=1S/C21H28N4O3/c1-3-25-14-16(12-22-25)13-23-6-8-24(9-7-23)21(26)18-10-17-11-19(27-2)4-5-20(17)28-15-18/h4-5,11-12,14,18H,3,6-10,13,15H2,1-2H3. The first-order valence-electron chi connectivity index (χ1n) is 9.98. The van der Waals surface area contributed by atoms with Crippen LogP contribution < -0.4 is 9.47 Å². The first-order chi connectivity index (χ1) is 13.7. The lowest BCUT2D eigenvalue weighted by Gasteiger charge is -2.37. The molecule has 2 aliphatic rings. The molecule has 28 heavy (non-hydrogen) atoms. The van der Waals surface area contributed by atoms with Crippen molar-refractivity contribution < 1.29 is 14.3 Å². The van der Waals surface area contributed by atoms with Crippen molar-refractivity contribution in [2.24, 2.45) is 5.92 Å². The number of piperazine rings is 1. The highest BCUT2D eigenvalue weighted by molar-refractivity contribution is 5.80. The molecule has 0 radical (unpaired) electrons. The molecule has 2 aromatic rings. The number of benzene rings is 1. The quantitative estimate of drug-likeness (QED) is 0.787. The molecule has 7 heteroatoms. The minimum atomic E-state index is -0.117. The van der Waals surface area contributed by atoms with E-state index in [4.69, 9.17) is 9.47 Å². The lowest BCUT2D eigenvalue weighted by Crippen LogP contribution is -2.51. The number of hydrogen-bond acceptors (Lipinski definition) is 5. The largest absolute Gasteiger partial charge is 0.497 e. The number of carbonyl (C=O) groups is 1. The summed E-state index contributed by atoms with van der Waals surface area (Å²) in [4.78, 5) is 17.4. The normalized spacial score (nSPS) is 19.8. The lowest BCUT2D eigenvalue weighted by molar-refractivity contribution is -0.138. The molecular weight excluding hydrogens is 356 g/mol. The number of amides is 1. The molecule has 0 saturated carbocycles. The van der Waals surface area contributed by atoms with Crippen molar-refractivity contribution in [1.29, 1.82) is 0 Å². The molecule has 0 bridgehead atoms. The molecule has 2 aliphatic heterocycles. The van der Waals surface area contributed by atoms with Gasteiger partial charge in [0.1, 0.15) is 18.1 Å². The van der Waals surface area contributed by atoms with Gasteiger partial charge in [-0.25, -0.2) is 0 Å². The Morgan fingerprint density at radius 2 is 2.11 bits per heavy atom. The maximum Gasteiger partial charge on any atom is 0.229 e. The minimum absolute atomic E-state index is 0.117. The molecule has 0 N–H and O–H groups in total. The van der Waals surface area contributed by atoms with Gasteiger partial charge < -0.3 is 14.4 Å². The van der Waals surface area contributed by atoms with Gasteiger partial charge in [0.2, 0.25) is 5.91 Å². The van der Waals surface area contributed by atoms with E-state index in [1.54, 1.807) is 7.11 Å². The Balaban J connectivity index is 1.31. The average Bonchev–Trinajstić information content (AvgIpc) is 3.20. The van der Waals surface area contributed by atoms with Crippen molar-refractivity contribution >= 4 is 5.91 Å². The number of methoxy groups -OCH3 is 1. The van der Waals surface area contributed by atoms with E-state index in [1.165, 1.54) is 5.56 Å². The summed E-state index contributed by atoms with van der Waals surface area (Å²) >= 11 is 0. The molecule has 1 atom stereocenters. The summed E-state index contributed by atoms with van der Waals surface area (Å²) in [5, 5.41) is 4.34. The van der Waals surface area contributed by atoms with Gasteiger partial charge in [-0.3, -0.25) is 14.4 Å². The molecule has 1 unspecified atom stereocenters. The van der Waals surface area contributed by atoms with Crippen LogP contribution in [0.25, 0.3) is 0 Å². The van der Waals surface area contributed by atoms with E-state index in [1.807, 2.05) is 34.0 Å². The van der Waals surface area contributed by atoms with Gasteiger partial charge in [0.05, 0.1) is 19.2 Å². The summed E-state index contributed by atoms with van der Waals surface area (Å²) in [6.45, 7) is 7.63. The van der Waals surface area contributed by atoms with Gasteiger partial charge in [-0.1, -0.05) is 0 Å². The Labute approximate surface area is 165 Å². The highest BCUT2D eigenvalue weighted by atomic mass is 16.5. The SMILES string of the molecule is CCn1cc(CN2CCN(C(=O)C3COc4ccc(OC)cc4C3)CC2)cn1. The van der Waals surface area contributed by atoms with Crippen LogP contribution in [0.3, 0.4) is 0 Å². The van der Waals surface area contributed by atoms with Crippen LogP contribution in [0.4, 0.5) is 0 Å². The predicted octanol–water partition coefficient (Wildman–Crippen LogP) is 1.81. The van der Waals surface area contributed by atoms with Gasteiger partial charge in [-0.2, -0.15) is 5.10 Å². The second-order valence-corrected chi connectivity index (χ2v) is 7.49. The number of nitrogens with zero attached hydrogens (tertiary/aromatic N) is 4. The third-order valence-electron chi connectivity index (χ3n) is 5.62. The molecule has 4 rings (SSSR count). The van der Waals surface area contributed by atoms with Crippen molar-refractivity contribution in [3.8, 4) is 11.5 Å². The summed E-state index contributed by atoms with van der Waals surface area (Å²) in [5.41, 5.74) is 2.28. The van der Waals surface area contributed by atoms with Gasteiger partial charge in [0, 0.05) is 51.0 Å². The van der Waals surface area contributed by atoms with Gasteiger partial charge >= 0.3 is 0 Å². The molecule has 1 saturated heterocycles. The summed E-state index contributed by atoms with van der Waals surface area (Å²) in [6, 6.07) is 5.79. The van der Waals surface area contributed by atoms with E-state index in [-0.39, 0.29) is 11.8 Å². The van der Waals surface area contributed by atoms with E-state index < -0.39 is 0 Å². The molecule has 1 fully saturated rings. The fraction of sp³-hybridized carbons (Fsp3) is 0.524. The third kappa shape index (κ3) is 3.99. The molecule has 0 aliphatic carbocycles. The Morgan fingerprint density at radius 1 is 1.29 bits per heavy atom. The van der Waals surface area contributed by atoms with E-state index in [0.717, 1.165) is 56.3 Å². The fourth-order valence-corrected chi connectivity index (χ4v) is 3.96. The zero-order valence-corrected chi connectivity index (χ0v) is 16.6. The summed E-state index contributed by atoms with van der Waals surface area (Å²) < 4.78 is 13.1. The summed E-state index contributed by atoms with van der Waals surface area (Å²) in [5.74, 6) is 1.75. The fourth-order valence-electron chi connectivity index (χ4n) is 3.96. The molecule has 3 heterocycles. The first-order valence-corrected chi connectivity index (χ1v) is 9.98.